The predicted octanol–water partition coefficient (Wildman–Crippen LogP) is 1.79. The normalized spacial score (nSPS) is 22.0. The number of nitrogens with zero attached hydrogens (tertiary/aromatic N) is 1. The standard InChI is InChI=1S/C11H19F3N2O/c1-8(2)15-6-9-4-3-5-16(7-9)10(17)11(12,13)14/h8-9,15H,3-7H2,1-2H3. The molecule has 1 N–H and O–H groups in total. The number of halogens is 3. The van der Waals surface area contributed by atoms with E-state index in [0.717, 1.165) is 11.3 Å². The van der Waals surface area contributed by atoms with Crippen LogP contribution in [-0.4, -0.2) is 42.7 Å². The Kier molecular flexibility index (Phi) is 4.80. The Morgan fingerprint density at radius 3 is 2.65 bits per heavy atom. The van der Waals surface area contributed by atoms with Crippen molar-refractivity contribution < 1.29 is 18.0 Å². The molecule has 0 aliphatic carbocycles. The van der Waals surface area contributed by atoms with Crippen LogP contribution in [0.4, 0.5) is 13.2 Å². The van der Waals surface area contributed by atoms with Gasteiger partial charge in [-0.25, -0.2) is 0 Å². The molecular formula is C11H19F3N2O. The van der Waals surface area contributed by atoms with Crippen LogP contribution < -0.4 is 5.32 Å². The van der Waals surface area contributed by atoms with E-state index in [1.165, 1.54) is 0 Å². The first-order chi connectivity index (χ1) is 7.80. The number of hydrogen-bond donors (Lipinski definition) is 1. The molecular weight excluding hydrogens is 233 g/mol. The molecule has 0 spiro atoms. The minimum absolute atomic E-state index is 0.123. The van der Waals surface area contributed by atoms with Gasteiger partial charge in [-0.05, 0) is 25.3 Å². The maximum absolute atomic E-state index is 12.3. The summed E-state index contributed by atoms with van der Waals surface area (Å²) in [6.07, 6.45) is -3.22. The Balaban J connectivity index is 2.46. The summed E-state index contributed by atoms with van der Waals surface area (Å²) < 4.78 is 36.8. The molecule has 0 radical (unpaired) electrons. The molecule has 1 aliphatic rings. The molecule has 0 aromatic heterocycles. The Morgan fingerprint density at radius 2 is 2.12 bits per heavy atom. The average molecular weight is 252 g/mol. The highest BCUT2D eigenvalue weighted by molar-refractivity contribution is 5.81. The molecule has 1 atom stereocenters. The number of carbonyl (C=O) groups excluding carboxylic acids is 1. The number of rotatable bonds is 3. The van der Waals surface area contributed by atoms with Crippen LogP contribution in [0.25, 0.3) is 0 Å². The van der Waals surface area contributed by atoms with Crippen molar-refractivity contribution in [2.75, 3.05) is 19.6 Å². The lowest BCUT2D eigenvalue weighted by atomic mass is 9.97. The summed E-state index contributed by atoms with van der Waals surface area (Å²) in [4.78, 5) is 12.0. The van der Waals surface area contributed by atoms with E-state index < -0.39 is 12.1 Å². The molecule has 1 amide bonds. The first kappa shape index (κ1) is 14.3. The van der Waals surface area contributed by atoms with Crippen LogP contribution in [0.2, 0.25) is 0 Å². The lowest BCUT2D eigenvalue weighted by molar-refractivity contribution is -0.187. The maximum Gasteiger partial charge on any atom is 0.471 e. The minimum atomic E-state index is -4.74. The zero-order valence-electron chi connectivity index (χ0n) is 10.2. The van der Waals surface area contributed by atoms with Gasteiger partial charge in [0.15, 0.2) is 0 Å². The van der Waals surface area contributed by atoms with Crippen LogP contribution in [0, 0.1) is 5.92 Å². The number of alkyl halides is 3. The van der Waals surface area contributed by atoms with Crippen molar-refractivity contribution >= 4 is 5.91 Å². The number of amides is 1. The summed E-state index contributed by atoms with van der Waals surface area (Å²) in [7, 11) is 0. The fourth-order valence-electron chi connectivity index (χ4n) is 2.00. The minimum Gasteiger partial charge on any atom is -0.335 e. The van der Waals surface area contributed by atoms with Crippen LogP contribution in [0.3, 0.4) is 0 Å². The SMILES string of the molecule is CC(C)NCC1CCCN(C(=O)C(F)(F)F)C1. The Morgan fingerprint density at radius 1 is 1.47 bits per heavy atom. The molecule has 1 rings (SSSR count). The molecule has 1 aliphatic heterocycles. The van der Waals surface area contributed by atoms with Crippen LogP contribution in [0.5, 0.6) is 0 Å². The molecule has 17 heavy (non-hydrogen) atoms. The summed E-state index contributed by atoms with van der Waals surface area (Å²) in [5, 5.41) is 3.19. The van der Waals surface area contributed by atoms with E-state index in [2.05, 4.69) is 5.32 Å². The van der Waals surface area contributed by atoms with Crippen molar-refractivity contribution in [1.29, 1.82) is 0 Å². The number of carbonyl (C=O) groups is 1. The number of piperidine rings is 1. The second-order valence-electron chi connectivity index (χ2n) is 4.82. The third-order valence-electron chi connectivity index (χ3n) is 2.86. The summed E-state index contributed by atoms with van der Waals surface area (Å²) in [5.41, 5.74) is 0. The molecule has 0 bridgehead atoms. The lowest BCUT2D eigenvalue weighted by Gasteiger charge is -2.33. The van der Waals surface area contributed by atoms with Crippen molar-refractivity contribution in [1.82, 2.24) is 10.2 Å². The zero-order valence-corrected chi connectivity index (χ0v) is 10.2. The molecule has 1 unspecified atom stereocenters. The summed E-state index contributed by atoms with van der Waals surface area (Å²) in [6, 6.07) is 0.309. The molecule has 1 saturated heterocycles. The third kappa shape index (κ3) is 4.53. The molecule has 0 aromatic rings. The smallest absolute Gasteiger partial charge is 0.335 e. The van der Waals surface area contributed by atoms with E-state index in [-0.39, 0.29) is 19.0 Å². The molecule has 0 saturated carbocycles. The molecule has 6 heteroatoms. The quantitative estimate of drug-likeness (QED) is 0.830. The van der Waals surface area contributed by atoms with Gasteiger partial charge in [-0.1, -0.05) is 13.8 Å². The second-order valence-corrected chi connectivity index (χ2v) is 4.82. The fourth-order valence-corrected chi connectivity index (χ4v) is 2.00. The first-order valence-electron chi connectivity index (χ1n) is 5.90. The van der Waals surface area contributed by atoms with Crippen molar-refractivity contribution in [3.05, 3.63) is 0 Å². The molecule has 3 nitrogen and oxygen atoms in total. The van der Waals surface area contributed by atoms with E-state index in [1.807, 2.05) is 13.8 Å². The van der Waals surface area contributed by atoms with Gasteiger partial charge in [-0.3, -0.25) is 4.79 Å². The van der Waals surface area contributed by atoms with Crippen LogP contribution in [-0.2, 0) is 4.79 Å². The highest BCUT2D eigenvalue weighted by Crippen LogP contribution is 2.23. The zero-order chi connectivity index (χ0) is 13.1. The third-order valence-corrected chi connectivity index (χ3v) is 2.86. The topological polar surface area (TPSA) is 32.3 Å². The maximum atomic E-state index is 12.3. The van der Waals surface area contributed by atoms with Crippen molar-refractivity contribution in [3.63, 3.8) is 0 Å². The van der Waals surface area contributed by atoms with E-state index in [4.69, 9.17) is 0 Å². The molecule has 1 fully saturated rings. The molecule has 100 valence electrons. The first-order valence-corrected chi connectivity index (χ1v) is 5.90. The molecule has 0 aromatic carbocycles. The summed E-state index contributed by atoms with van der Waals surface area (Å²) in [5.74, 6) is -1.58. The van der Waals surface area contributed by atoms with E-state index >= 15 is 0 Å². The second kappa shape index (κ2) is 5.71. The van der Waals surface area contributed by atoms with Gasteiger partial charge in [0.2, 0.25) is 0 Å². The van der Waals surface area contributed by atoms with Gasteiger partial charge in [0.1, 0.15) is 0 Å². The highest BCUT2D eigenvalue weighted by atomic mass is 19.4. The van der Waals surface area contributed by atoms with Crippen molar-refractivity contribution in [3.8, 4) is 0 Å². The van der Waals surface area contributed by atoms with Gasteiger partial charge in [-0.15, -0.1) is 0 Å². The lowest BCUT2D eigenvalue weighted by Crippen LogP contribution is -2.48. The van der Waals surface area contributed by atoms with Gasteiger partial charge >= 0.3 is 12.1 Å². The van der Waals surface area contributed by atoms with E-state index in [0.29, 0.717) is 19.0 Å². The average Bonchev–Trinajstić information content (AvgIpc) is 2.24. The van der Waals surface area contributed by atoms with Crippen molar-refractivity contribution in [2.24, 2.45) is 5.92 Å². The number of nitrogens with one attached hydrogen (secondary N) is 1. The predicted molar refractivity (Wildman–Crippen MR) is 58.5 cm³/mol. The summed E-state index contributed by atoms with van der Waals surface area (Å²) >= 11 is 0. The summed E-state index contributed by atoms with van der Waals surface area (Å²) in [6.45, 7) is 5.07. The van der Waals surface area contributed by atoms with Crippen LogP contribution in [0.15, 0.2) is 0 Å². The fraction of sp³-hybridized carbons (Fsp3) is 0.909. The number of likely N-dealkylation sites (tertiary alicyclic amines) is 1. The number of hydrogen-bond acceptors (Lipinski definition) is 2. The van der Waals surface area contributed by atoms with Gasteiger partial charge < -0.3 is 10.2 Å². The largest absolute Gasteiger partial charge is 0.471 e. The van der Waals surface area contributed by atoms with Gasteiger partial charge in [0, 0.05) is 19.1 Å². The van der Waals surface area contributed by atoms with Gasteiger partial charge in [0.05, 0.1) is 0 Å². The van der Waals surface area contributed by atoms with Gasteiger partial charge in [0.25, 0.3) is 0 Å². The van der Waals surface area contributed by atoms with Gasteiger partial charge in [-0.2, -0.15) is 13.2 Å². The Bertz CT molecular complexity index is 266. The van der Waals surface area contributed by atoms with E-state index in [9.17, 15) is 18.0 Å². The Hall–Kier alpha value is -0.780. The van der Waals surface area contributed by atoms with Crippen molar-refractivity contribution in [2.45, 2.75) is 38.9 Å². The van der Waals surface area contributed by atoms with Crippen LogP contribution in [0.1, 0.15) is 26.7 Å². The monoisotopic (exact) mass is 252 g/mol. The molecule has 1 heterocycles. The Labute approximate surface area is 99.4 Å². The van der Waals surface area contributed by atoms with Crippen LogP contribution >= 0.6 is 0 Å². The highest BCUT2D eigenvalue weighted by Gasteiger charge is 2.43. The van der Waals surface area contributed by atoms with E-state index in [1.54, 1.807) is 0 Å².